The van der Waals surface area contributed by atoms with Crippen LogP contribution in [0.4, 0.5) is 8.78 Å². The summed E-state index contributed by atoms with van der Waals surface area (Å²) in [4.78, 5) is 11.6. The van der Waals surface area contributed by atoms with Crippen molar-refractivity contribution in [1.29, 1.82) is 0 Å². The number of nitrogens with one attached hydrogen (secondary N) is 2. The summed E-state index contributed by atoms with van der Waals surface area (Å²) in [5.74, 6) is -2.48. The van der Waals surface area contributed by atoms with E-state index in [1.807, 2.05) is 31.2 Å². The molecule has 6 heteroatoms. The summed E-state index contributed by atoms with van der Waals surface area (Å²) in [7, 11) is 0. The van der Waals surface area contributed by atoms with Crippen LogP contribution in [0.2, 0.25) is 0 Å². The van der Waals surface area contributed by atoms with Crippen molar-refractivity contribution < 1.29 is 18.3 Å². The van der Waals surface area contributed by atoms with Crippen LogP contribution in [0.1, 0.15) is 12.0 Å². The Bertz CT molecular complexity index is 463. The van der Waals surface area contributed by atoms with Crippen LogP contribution in [0.3, 0.4) is 0 Å². The number of aryl methyl sites for hydroxylation is 1. The Morgan fingerprint density at radius 2 is 2.15 bits per heavy atom. The van der Waals surface area contributed by atoms with Crippen LogP contribution in [-0.4, -0.2) is 37.6 Å². The molecule has 20 heavy (non-hydrogen) atoms. The van der Waals surface area contributed by atoms with Crippen molar-refractivity contribution in [3.8, 4) is 5.75 Å². The maximum absolute atomic E-state index is 12.9. The first-order valence-corrected chi connectivity index (χ1v) is 6.55. The van der Waals surface area contributed by atoms with E-state index in [2.05, 4.69) is 10.6 Å². The minimum atomic E-state index is -2.79. The average molecular weight is 284 g/mol. The number of alkyl halides is 2. The Labute approximate surface area is 116 Å². The molecule has 1 heterocycles. The van der Waals surface area contributed by atoms with Crippen molar-refractivity contribution >= 4 is 5.91 Å². The first-order valence-electron chi connectivity index (χ1n) is 6.55. The molecule has 1 aliphatic heterocycles. The second kappa shape index (κ2) is 6.17. The standard InChI is InChI=1S/C14H18F2N2O2/c1-10-2-4-11(5-3-10)20-7-6-17-13(19)12-8-14(15,16)9-18-12/h2-5,12,18H,6-9H2,1H3,(H,17,19). The monoisotopic (exact) mass is 284 g/mol. The zero-order valence-corrected chi connectivity index (χ0v) is 11.3. The largest absolute Gasteiger partial charge is 0.492 e. The number of carbonyl (C=O) groups excluding carboxylic acids is 1. The van der Waals surface area contributed by atoms with E-state index in [-0.39, 0.29) is 6.54 Å². The smallest absolute Gasteiger partial charge is 0.262 e. The third-order valence-corrected chi connectivity index (χ3v) is 3.12. The third kappa shape index (κ3) is 4.16. The highest BCUT2D eigenvalue weighted by Gasteiger charge is 2.42. The van der Waals surface area contributed by atoms with E-state index in [1.54, 1.807) is 0 Å². The molecule has 0 bridgehead atoms. The van der Waals surface area contributed by atoms with E-state index >= 15 is 0 Å². The molecule has 1 aliphatic rings. The minimum Gasteiger partial charge on any atom is -0.492 e. The molecule has 0 spiro atoms. The Hall–Kier alpha value is -1.69. The van der Waals surface area contributed by atoms with Crippen molar-refractivity contribution in [3.05, 3.63) is 29.8 Å². The Balaban J connectivity index is 1.66. The molecule has 1 saturated heterocycles. The number of hydrogen-bond acceptors (Lipinski definition) is 3. The fraction of sp³-hybridized carbons (Fsp3) is 0.500. The van der Waals surface area contributed by atoms with Gasteiger partial charge in [-0.3, -0.25) is 10.1 Å². The summed E-state index contributed by atoms with van der Waals surface area (Å²) in [6.45, 7) is 2.13. The molecule has 0 aliphatic carbocycles. The van der Waals surface area contributed by atoms with Crippen LogP contribution in [0.25, 0.3) is 0 Å². The van der Waals surface area contributed by atoms with E-state index in [1.165, 1.54) is 0 Å². The quantitative estimate of drug-likeness (QED) is 0.805. The summed E-state index contributed by atoms with van der Waals surface area (Å²) in [6.07, 6.45) is -0.447. The molecule has 1 aromatic rings. The van der Waals surface area contributed by atoms with Crippen molar-refractivity contribution in [3.63, 3.8) is 0 Å². The van der Waals surface area contributed by atoms with Gasteiger partial charge in [0, 0.05) is 6.42 Å². The van der Waals surface area contributed by atoms with E-state index in [0.29, 0.717) is 6.61 Å². The van der Waals surface area contributed by atoms with Gasteiger partial charge in [0.15, 0.2) is 0 Å². The summed E-state index contributed by atoms with van der Waals surface area (Å²) in [5.41, 5.74) is 1.14. The summed E-state index contributed by atoms with van der Waals surface area (Å²) >= 11 is 0. The second-order valence-electron chi connectivity index (χ2n) is 4.95. The molecule has 1 atom stereocenters. The van der Waals surface area contributed by atoms with Gasteiger partial charge in [-0.1, -0.05) is 17.7 Å². The van der Waals surface area contributed by atoms with Crippen LogP contribution < -0.4 is 15.4 Å². The zero-order valence-electron chi connectivity index (χ0n) is 11.3. The summed E-state index contributed by atoms with van der Waals surface area (Å²) in [6, 6.07) is 6.73. The van der Waals surface area contributed by atoms with E-state index in [0.717, 1.165) is 11.3 Å². The normalized spacial score (nSPS) is 20.6. The highest BCUT2D eigenvalue weighted by atomic mass is 19.3. The lowest BCUT2D eigenvalue weighted by Crippen LogP contribution is -2.41. The highest BCUT2D eigenvalue weighted by molar-refractivity contribution is 5.82. The van der Waals surface area contributed by atoms with Crippen molar-refractivity contribution in [2.24, 2.45) is 0 Å². The summed E-state index contributed by atoms with van der Waals surface area (Å²) in [5, 5.41) is 5.09. The molecular weight excluding hydrogens is 266 g/mol. The number of halogens is 2. The van der Waals surface area contributed by atoms with Gasteiger partial charge in [0.1, 0.15) is 12.4 Å². The zero-order chi connectivity index (χ0) is 14.6. The number of benzene rings is 1. The predicted octanol–water partition coefficient (Wildman–Crippen LogP) is 1.49. The Morgan fingerprint density at radius 3 is 2.75 bits per heavy atom. The maximum atomic E-state index is 12.9. The first-order chi connectivity index (χ1) is 9.46. The van der Waals surface area contributed by atoms with Gasteiger partial charge in [0.25, 0.3) is 5.92 Å². The molecule has 0 saturated carbocycles. The molecule has 1 amide bonds. The number of hydrogen-bond donors (Lipinski definition) is 2. The highest BCUT2D eigenvalue weighted by Crippen LogP contribution is 2.24. The average Bonchev–Trinajstić information content (AvgIpc) is 2.77. The second-order valence-corrected chi connectivity index (χ2v) is 4.95. The number of ether oxygens (including phenoxy) is 1. The van der Waals surface area contributed by atoms with E-state index in [9.17, 15) is 13.6 Å². The molecule has 1 unspecified atom stereocenters. The van der Waals surface area contributed by atoms with Gasteiger partial charge in [-0.15, -0.1) is 0 Å². The Morgan fingerprint density at radius 1 is 1.45 bits per heavy atom. The van der Waals surface area contributed by atoms with E-state index in [4.69, 9.17) is 4.74 Å². The van der Waals surface area contributed by atoms with Gasteiger partial charge >= 0.3 is 0 Å². The summed E-state index contributed by atoms with van der Waals surface area (Å²) < 4.78 is 31.3. The number of amides is 1. The molecule has 2 N–H and O–H groups in total. The van der Waals surface area contributed by atoms with Crippen molar-refractivity contribution in [2.45, 2.75) is 25.3 Å². The minimum absolute atomic E-state index is 0.288. The van der Waals surface area contributed by atoms with Gasteiger partial charge < -0.3 is 10.1 Å². The maximum Gasteiger partial charge on any atom is 0.262 e. The lowest BCUT2D eigenvalue weighted by Gasteiger charge is -2.12. The van der Waals surface area contributed by atoms with Crippen LogP contribution in [-0.2, 0) is 4.79 Å². The first kappa shape index (κ1) is 14.7. The van der Waals surface area contributed by atoms with Crippen LogP contribution in [0.15, 0.2) is 24.3 Å². The van der Waals surface area contributed by atoms with Gasteiger partial charge in [-0.05, 0) is 19.1 Å². The van der Waals surface area contributed by atoms with Gasteiger partial charge in [-0.2, -0.15) is 0 Å². The number of rotatable bonds is 5. The molecule has 0 radical (unpaired) electrons. The van der Waals surface area contributed by atoms with Gasteiger partial charge in [0.2, 0.25) is 5.91 Å². The molecule has 1 fully saturated rings. The van der Waals surface area contributed by atoms with Gasteiger partial charge in [0.05, 0.1) is 19.1 Å². The SMILES string of the molecule is Cc1ccc(OCCNC(=O)C2CC(F)(F)CN2)cc1. The van der Waals surface area contributed by atoms with E-state index < -0.39 is 30.8 Å². The fourth-order valence-corrected chi connectivity index (χ4v) is 2.00. The molecule has 110 valence electrons. The molecule has 2 rings (SSSR count). The lowest BCUT2D eigenvalue weighted by atomic mass is 10.2. The van der Waals surface area contributed by atoms with Crippen molar-refractivity contribution in [2.75, 3.05) is 19.7 Å². The van der Waals surface area contributed by atoms with Crippen LogP contribution in [0, 0.1) is 6.92 Å². The Kier molecular flexibility index (Phi) is 4.54. The molecule has 0 aromatic heterocycles. The predicted molar refractivity (Wildman–Crippen MR) is 71.0 cm³/mol. The fourth-order valence-electron chi connectivity index (χ4n) is 2.00. The van der Waals surface area contributed by atoms with Crippen LogP contribution >= 0.6 is 0 Å². The topological polar surface area (TPSA) is 50.4 Å². The third-order valence-electron chi connectivity index (χ3n) is 3.12. The number of carbonyl (C=O) groups is 1. The molecular formula is C14H18F2N2O2. The molecule has 1 aromatic carbocycles. The van der Waals surface area contributed by atoms with Crippen LogP contribution in [0.5, 0.6) is 5.75 Å². The van der Waals surface area contributed by atoms with Gasteiger partial charge in [-0.25, -0.2) is 8.78 Å². The van der Waals surface area contributed by atoms with Crippen molar-refractivity contribution in [1.82, 2.24) is 10.6 Å². The molecule has 4 nitrogen and oxygen atoms in total. The lowest BCUT2D eigenvalue weighted by molar-refractivity contribution is -0.123.